The molecule has 1 aliphatic heterocycles. The van der Waals surface area contributed by atoms with Gasteiger partial charge in [0, 0.05) is 39.3 Å². The van der Waals surface area contributed by atoms with E-state index in [9.17, 15) is 14.4 Å². The Kier molecular flexibility index (Phi) is 6.41. The molecule has 0 aromatic rings. The zero-order valence-electron chi connectivity index (χ0n) is 12.8. The Balaban J connectivity index is 2.39. The number of nitrogens with one attached hydrogen (secondary N) is 1. The van der Waals surface area contributed by atoms with Crippen molar-refractivity contribution < 1.29 is 19.5 Å². The van der Waals surface area contributed by atoms with Crippen molar-refractivity contribution in [1.82, 2.24) is 20.0 Å². The number of aliphatic carboxylic acids is 1. The van der Waals surface area contributed by atoms with Gasteiger partial charge in [0.05, 0.1) is 6.54 Å². The molecule has 21 heavy (non-hydrogen) atoms. The molecule has 120 valence electrons. The number of likely N-dealkylation sites (N-methyl/N-ethyl adjacent to an activating group) is 1. The van der Waals surface area contributed by atoms with Gasteiger partial charge in [0.1, 0.15) is 6.54 Å². The molecule has 1 saturated heterocycles. The van der Waals surface area contributed by atoms with Crippen LogP contribution in [0.5, 0.6) is 0 Å². The Morgan fingerprint density at radius 3 is 2.24 bits per heavy atom. The van der Waals surface area contributed by atoms with Crippen LogP contribution in [0.25, 0.3) is 0 Å². The summed E-state index contributed by atoms with van der Waals surface area (Å²) in [6, 6.07) is -0.163. The predicted molar refractivity (Wildman–Crippen MR) is 77.0 cm³/mol. The highest BCUT2D eigenvalue weighted by Crippen LogP contribution is 2.04. The van der Waals surface area contributed by atoms with E-state index >= 15 is 0 Å². The lowest BCUT2D eigenvalue weighted by Gasteiger charge is -2.35. The minimum absolute atomic E-state index is 0.00529. The van der Waals surface area contributed by atoms with Crippen LogP contribution in [0.4, 0.5) is 4.79 Å². The van der Waals surface area contributed by atoms with Gasteiger partial charge < -0.3 is 20.2 Å². The Hall–Kier alpha value is -1.83. The summed E-state index contributed by atoms with van der Waals surface area (Å²) in [4.78, 5) is 39.2. The molecule has 8 nitrogen and oxygen atoms in total. The van der Waals surface area contributed by atoms with Gasteiger partial charge in [-0.15, -0.1) is 0 Å². The second-order valence-corrected chi connectivity index (χ2v) is 5.52. The zero-order chi connectivity index (χ0) is 16.0. The summed E-state index contributed by atoms with van der Waals surface area (Å²) >= 11 is 0. The van der Waals surface area contributed by atoms with E-state index in [4.69, 9.17) is 5.11 Å². The predicted octanol–water partition coefficient (Wildman–Crippen LogP) is -0.735. The first kappa shape index (κ1) is 17.2. The smallest absolute Gasteiger partial charge is 0.320 e. The lowest BCUT2D eigenvalue weighted by Crippen LogP contribution is -2.54. The summed E-state index contributed by atoms with van der Waals surface area (Å²) in [6.07, 6.45) is 0. The first-order chi connectivity index (χ1) is 9.79. The Morgan fingerprint density at radius 2 is 1.76 bits per heavy atom. The molecular weight excluding hydrogens is 276 g/mol. The van der Waals surface area contributed by atoms with Crippen molar-refractivity contribution in [1.29, 1.82) is 0 Å². The number of rotatable bonds is 5. The molecule has 0 aromatic heterocycles. The highest BCUT2D eigenvalue weighted by atomic mass is 16.4. The normalized spacial score (nSPS) is 15.9. The van der Waals surface area contributed by atoms with E-state index in [-0.39, 0.29) is 31.1 Å². The van der Waals surface area contributed by atoms with Gasteiger partial charge in [-0.25, -0.2) is 4.79 Å². The fraction of sp³-hybridized carbons (Fsp3) is 0.769. The van der Waals surface area contributed by atoms with Crippen LogP contribution in [0.2, 0.25) is 0 Å². The van der Waals surface area contributed by atoms with Crippen molar-refractivity contribution in [2.24, 2.45) is 0 Å². The third-order valence-corrected chi connectivity index (χ3v) is 3.16. The number of urea groups is 1. The van der Waals surface area contributed by atoms with Crippen molar-refractivity contribution in [3.05, 3.63) is 0 Å². The van der Waals surface area contributed by atoms with E-state index in [0.29, 0.717) is 26.2 Å². The van der Waals surface area contributed by atoms with E-state index in [1.807, 2.05) is 13.8 Å². The van der Waals surface area contributed by atoms with Gasteiger partial charge in [0.25, 0.3) is 0 Å². The third-order valence-electron chi connectivity index (χ3n) is 3.16. The molecule has 0 bridgehead atoms. The zero-order valence-corrected chi connectivity index (χ0v) is 12.8. The molecular formula is C13H24N4O4. The molecule has 1 fully saturated rings. The number of hydrogen-bond acceptors (Lipinski definition) is 4. The maximum Gasteiger partial charge on any atom is 0.320 e. The molecule has 1 heterocycles. The molecule has 0 atom stereocenters. The van der Waals surface area contributed by atoms with Crippen molar-refractivity contribution in [3.8, 4) is 0 Å². The van der Waals surface area contributed by atoms with Crippen LogP contribution in [-0.4, -0.2) is 90.1 Å². The van der Waals surface area contributed by atoms with Crippen molar-refractivity contribution in [2.75, 3.05) is 46.3 Å². The topological polar surface area (TPSA) is 93.2 Å². The maximum absolute atomic E-state index is 12.2. The lowest BCUT2D eigenvalue weighted by atomic mass is 10.3. The Labute approximate surface area is 124 Å². The second-order valence-electron chi connectivity index (χ2n) is 5.52. The maximum atomic E-state index is 12.2. The molecule has 8 heteroatoms. The summed E-state index contributed by atoms with van der Waals surface area (Å²) in [6.45, 7) is 5.75. The van der Waals surface area contributed by atoms with Crippen molar-refractivity contribution in [3.63, 3.8) is 0 Å². The second kappa shape index (κ2) is 7.82. The monoisotopic (exact) mass is 300 g/mol. The average molecular weight is 300 g/mol. The molecule has 0 aromatic carbocycles. The molecule has 1 aliphatic rings. The summed E-state index contributed by atoms with van der Waals surface area (Å²) < 4.78 is 0. The van der Waals surface area contributed by atoms with Crippen LogP contribution in [0.15, 0.2) is 0 Å². The number of carboxylic acid groups (broad SMARTS) is 1. The van der Waals surface area contributed by atoms with E-state index in [1.54, 1.807) is 16.8 Å². The number of carbonyl (C=O) groups is 3. The number of hydrogen-bond donors (Lipinski definition) is 2. The van der Waals surface area contributed by atoms with E-state index < -0.39 is 5.97 Å². The molecule has 0 unspecified atom stereocenters. The van der Waals surface area contributed by atoms with Gasteiger partial charge in [-0.3, -0.25) is 14.5 Å². The van der Waals surface area contributed by atoms with Crippen LogP contribution in [0.3, 0.4) is 0 Å². The standard InChI is InChI=1S/C13H24N4O4/c1-10(2)14-11(18)8-15(3)13(21)17-6-4-16(5-7-17)9-12(19)20/h10H,4-9H2,1-3H3,(H,14,18)(H,19,20). The minimum atomic E-state index is -0.864. The van der Waals surface area contributed by atoms with Gasteiger partial charge in [0.15, 0.2) is 0 Å². The SMILES string of the molecule is CC(C)NC(=O)CN(C)C(=O)N1CCN(CC(=O)O)CC1. The largest absolute Gasteiger partial charge is 0.480 e. The highest BCUT2D eigenvalue weighted by Gasteiger charge is 2.25. The van der Waals surface area contributed by atoms with Crippen LogP contribution in [0, 0.1) is 0 Å². The van der Waals surface area contributed by atoms with Crippen LogP contribution >= 0.6 is 0 Å². The first-order valence-corrected chi connectivity index (χ1v) is 7.03. The van der Waals surface area contributed by atoms with Gasteiger partial charge in [-0.2, -0.15) is 0 Å². The summed E-state index contributed by atoms with van der Waals surface area (Å²) in [5.74, 6) is -1.05. The lowest BCUT2D eigenvalue weighted by molar-refractivity contribution is -0.138. The third kappa shape index (κ3) is 5.99. The van der Waals surface area contributed by atoms with Gasteiger partial charge >= 0.3 is 12.0 Å². The quantitative estimate of drug-likeness (QED) is 0.698. The fourth-order valence-electron chi connectivity index (χ4n) is 2.18. The molecule has 0 aliphatic carbocycles. The van der Waals surface area contributed by atoms with Crippen LogP contribution < -0.4 is 5.32 Å². The van der Waals surface area contributed by atoms with Crippen LogP contribution in [0.1, 0.15) is 13.8 Å². The molecule has 0 radical (unpaired) electrons. The van der Waals surface area contributed by atoms with Crippen molar-refractivity contribution >= 4 is 17.9 Å². The Bertz CT molecular complexity index is 392. The van der Waals surface area contributed by atoms with Gasteiger partial charge in [0.2, 0.25) is 5.91 Å². The number of piperazine rings is 1. The number of amides is 3. The molecule has 1 rings (SSSR count). The molecule has 2 N–H and O–H groups in total. The average Bonchev–Trinajstić information content (AvgIpc) is 2.36. The van der Waals surface area contributed by atoms with E-state index in [1.165, 1.54) is 4.90 Å². The van der Waals surface area contributed by atoms with Gasteiger partial charge in [-0.1, -0.05) is 0 Å². The van der Waals surface area contributed by atoms with E-state index in [2.05, 4.69) is 5.32 Å². The van der Waals surface area contributed by atoms with Crippen LogP contribution in [-0.2, 0) is 9.59 Å². The number of carbonyl (C=O) groups excluding carboxylic acids is 2. The molecule has 3 amide bonds. The molecule has 0 saturated carbocycles. The fourth-order valence-corrected chi connectivity index (χ4v) is 2.18. The summed E-state index contributed by atoms with van der Waals surface area (Å²) in [7, 11) is 1.59. The molecule has 0 spiro atoms. The Morgan fingerprint density at radius 1 is 1.19 bits per heavy atom. The highest BCUT2D eigenvalue weighted by molar-refractivity contribution is 5.84. The summed E-state index contributed by atoms with van der Waals surface area (Å²) in [5, 5.41) is 11.5. The van der Waals surface area contributed by atoms with Crippen molar-refractivity contribution in [2.45, 2.75) is 19.9 Å². The van der Waals surface area contributed by atoms with E-state index in [0.717, 1.165) is 0 Å². The first-order valence-electron chi connectivity index (χ1n) is 7.03. The number of nitrogens with zero attached hydrogens (tertiary/aromatic N) is 3. The number of carboxylic acids is 1. The summed E-state index contributed by atoms with van der Waals surface area (Å²) in [5.41, 5.74) is 0. The van der Waals surface area contributed by atoms with Gasteiger partial charge in [-0.05, 0) is 13.8 Å². The minimum Gasteiger partial charge on any atom is -0.480 e.